The number of aliphatic hydroxyl groups is 1. The van der Waals surface area contributed by atoms with E-state index >= 15 is 0 Å². The van der Waals surface area contributed by atoms with Gasteiger partial charge in [-0.2, -0.15) is 0 Å². The molecule has 2 fully saturated rings. The Labute approximate surface area is 150 Å². The number of nitrogens with one attached hydrogen (secondary N) is 1. The Morgan fingerprint density at radius 3 is 2.36 bits per heavy atom. The smallest absolute Gasteiger partial charge is 0.0926 e. The second kappa shape index (κ2) is 5.18. The Morgan fingerprint density at radius 1 is 0.920 bits per heavy atom. The fourth-order valence-electron chi connectivity index (χ4n) is 5.56. The fraction of sp³-hybridized carbons (Fsp3) is 0.478. The third kappa shape index (κ3) is 2.24. The van der Waals surface area contributed by atoms with Crippen molar-refractivity contribution in [3.8, 4) is 11.1 Å². The van der Waals surface area contributed by atoms with Gasteiger partial charge in [0.1, 0.15) is 0 Å². The van der Waals surface area contributed by atoms with Crippen LogP contribution in [-0.4, -0.2) is 17.2 Å². The van der Waals surface area contributed by atoms with Crippen LogP contribution in [0.15, 0.2) is 42.5 Å². The molecule has 2 bridgehead atoms. The Kier molecular flexibility index (Phi) is 3.24. The predicted molar refractivity (Wildman–Crippen MR) is 102 cm³/mol. The van der Waals surface area contributed by atoms with Crippen molar-refractivity contribution in [1.29, 1.82) is 0 Å². The fourth-order valence-corrected chi connectivity index (χ4v) is 5.56. The van der Waals surface area contributed by atoms with E-state index < -0.39 is 5.60 Å². The van der Waals surface area contributed by atoms with E-state index in [-0.39, 0.29) is 5.41 Å². The minimum atomic E-state index is -0.680. The molecule has 0 aromatic heterocycles. The van der Waals surface area contributed by atoms with E-state index in [9.17, 15) is 5.11 Å². The summed E-state index contributed by atoms with van der Waals surface area (Å²) in [5.74, 6) is 0. The quantitative estimate of drug-likeness (QED) is 0.806. The molecule has 5 rings (SSSR count). The zero-order valence-electron chi connectivity index (χ0n) is 15.2. The minimum Gasteiger partial charge on any atom is -0.385 e. The lowest BCUT2D eigenvalue weighted by atomic mass is 9.72. The Hall–Kier alpha value is -1.64. The number of benzene rings is 2. The van der Waals surface area contributed by atoms with Gasteiger partial charge in [0.25, 0.3) is 0 Å². The van der Waals surface area contributed by atoms with E-state index in [2.05, 4.69) is 61.6 Å². The summed E-state index contributed by atoms with van der Waals surface area (Å²) >= 11 is 0. The van der Waals surface area contributed by atoms with Crippen molar-refractivity contribution >= 4 is 0 Å². The lowest BCUT2D eigenvalue weighted by Gasteiger charge is -2.45. The first-order chi connectivity index (χ1) is 12.0. The summed E-state index contributed by atoms with van der Waals surface area (Å²) in [4.78, 5) is 0. The van der Waals surface area contributed by atoms with Gasteiger partial charge in [-0.25, -0.2) is 0 Å². The second-order valence-corrected chi connectivity index (χ2v) is 8.86. The zero-order chi connectivity index (χ0) is 17.2. The first-order valence-corrected chi connectivity index (χ1v) is 9.71. The Balaban J connectivity index is 1.59. The van der Waals surface area contributed by atoms with Crippen LogP contribution in [0.25, 0.3) is 11.1 Å². The van der Waals surface area contributed by atoms with Crippen LogP contribution < -0.4 is 5.32 Å². The molecule has 0 spiro atoms. The molecule has 2 heterocycles. The van der Waals surface area contributed by atoms with E-state index in [0.29, 0.717) is 12.1 Å². The van der Waals surface area contributed by atoms with Crippen molar-refractivity contribution in [2.45, 2.75) is 69.1 Å². The van der Waals surface area contributed by atoms with Crippen LogP contribution in [0, 0.1) is 0 Å². The number of piperidine rings is 2. The average Bonchev–Trinajstić information content (AvgIpc) is 2.83. The second-order valence-electron chi connectivity index (χ2n) is 8.86. The van der Waals surface area contributed by atoms with Gasteiger partial charge in [-0.1, -0.05) is 62.7 Å². The molecule has 0 radical (unpaired) electrons. The summed E-state index contributed by atoms with van der Waals surface area (Å²) in [6.45, 7) is 4.62. The summed E-state index contributed by atoms with van der Waals surface area (Å²) in [5.41, 5.74) is 5.89. The van der Waals surface area contributed by atoms with Crippen molar-refractivity contribution in [1.82, 2.24) is 5.32 Å². The highest BCUT2D eigenvalue weighted by atomic mass is 16.3. The molecule has 2 aromatic carbocycles. The molecule has 2 saturated heterocycles. The minimum absolute atomic E-state index is 0.00108. The van der Waals surface area contributed by atoms with Gasteiger partial charge in [0, 0.05) is 17.5 Å². The molecule has 1 aliphatic carbocycles. The molecule has 3 aliphatic rings. The number of fused-ring (bicyclic) bond motifs is 5. The standard InChI is InChI=1S/C23H27NO/c1-22(2)20-9-4-3-8-18(20)19-11-10-15(12-21(19)22)23(25)13-16-6-5-7-17(14-23)24-16/h3-4,8-12,16-17,24-25H,5-7,13-14H2,1-2H3. The summed E-state index contributed by atoms with van der Waals surface area (Å²) in [5, 5.41) is 15.2. The van der Waals surface area contributed by atoms with Crippen LogP contribution >= 0.6 is 0 Å². The van der Waals surface area contributed by atoms with E-state index in [1.165, 1.54) is 41.5 Å². The van der Waals surface area contributed by atoms with Crippen LogP contribution in [0.4, 0.5) is 0 Å². The molecule has 2 N–H and O–H groups in total. The molecule has 2 aliphatic heterocycles. The SMILES string of the molecule is CC1(C)c2ccccc2-c2ccc(C3(O)CC4CCCC(C3)N4)cc21. The van der Waals surface area contributed by atoms with Gasteiger partial charge in [-0.15, -0.1) is 0 Å². The lowest BCUT2D eigenvalue weighted by Crippen LogP contribution is -2.54. The van der Waals surface area contributed by atoms with Crippen molar-refractivity contribution < 1.29 is 5.11 Å². The van der Waals surface area contributed by atoms with Crippen LogP contribution in [0.3, 0.4) is 0 Å². The highest BCUT2D eigenvalue weighted by Gasteiger charge is 2.43. The van der Waals surface area contributed by atoms with E-state index in [1.807, 2.05) is 0 Å². The Bertz CT molecular complexity index is 826. The summed E-state index contributed by atoms with van der Waals surface area (Å²) < 4.78 is 0. The van der Waals surface area contributed by atoms with Crippen LogP contribution in [0.5, 0.6) is 0 Å². The monoisotopic (exact) mass is 333 g/mol. The van der Waals surface area contributed by atoms with Gasteiger partial charge in [0.05, 0.1) is 5.60 Å². The maximum Gasteiger partial charge on any atom is 0.0926 e. The van der Waals surface area contributed by atoms with Crippen molar-refractivity contribution in [2.24, 2.45) is 0 Å². The molecule has 2 atom stereocenters. The highest BCUT2D eigenvalue weighted by Crippen LogP contribution is 2.50. The molecule has 0 saturated carbocycles. The average molecular weight is 333 g/mol. The first kappa shape index (κ1) is 15.6. The molecular formula is C23H27NO. The largest absolute Gasteiger partial charge is 0.385 e. The number of hydrogen-bond acceptors (Lipinski definition) is 2. The molecule has 130 valence electrons. The van der Waals surface area contributed by atoms with Crippen LogP contribution in [0.2, 0.25) is 0 Å². The molecule has 2 unspecified atom stereocenters. The van der Waals surface area contributed by atoms with E-state index in [1.54, 1.807) is 0 Å². The van der Waals surface area contributed by atoms with Crippen molar-refractivity contribution in [3.05, 3.63) is 59.2 Å². The topological polar surface area (TPSA) is 32.3 Å². The normalized spacial score (nSPS) is 32.1. The molecule has 25 heavy (non-hydrogen) atoms. The van der Waals surface area contributed by atoms with Gasteiger partial charge in [-0.05, 0) is 53.5 Å². The van der Waals surface area contributed by atoms with E-state index in [4.69, 9.17) is 0 Å². The van der Waals surface area contributed by atoms with E-state index in [0.717, 1.165) is 18.4 Å². The Morgan fingerprint density at radius 2 is 1.60 bits per heavy atom. The summed E-state index contributed by atoms with van der Waals surface area (Å²) in [6.07, 6.45) is 5.37. The first-order valence-electron chi connectivity index (χ1n) is 9.71. The van der Waals surface area contributed by atoms with Crippen molar-refractivity contribution in [3.63, 3.8) is 0 Å². The van der Waals surface area contributed by atoms with Crippen molar-refractivity contribution in [2.75, 3.05) is 0 Å². The summed E-state index contributed by atoms with van der Waals surface area (Å²) in [7, 11) is 0. The van der Waals surface area contributed by atoms with Gasteiger partial charge in [-0.3, -0.25) is 0 Å². The van der Waals surface area contributed by atoms with Gasteiger partial charge < -0.3 is 10.4 Å². The molecule has 2 aromatic rings. The molecule has 2 nitrogen and oxygen atoms in total. The summed E-state index contributed by atoms with van der Waals surface area (Å²) in [6, 6.07) is 16.4. The maximum atomic E-state index is 11.5. The predicted octanol–water partition coefficient (Wildman–Crippen LogP) is 4.49. The van der Waals surface area contributed by atoms with Crippen LogP contribution in [0.1, 0.15) is 62.6 Å². The highest BCUT2D eigenvalue weighted by molar-refractivity contribution is 5.81. The van der Waals surface area contributed by atoms with Gasteiger partial charge in [0.2, 0.25) is 0 Å². The molecule has 2 heteroatoms. The third-order valence-electron chi connectivity index (χ3n) is 6.87. The lowest BCUT2D eigenvalue weighted by molar-refractivity contribution is -0.0359. The number of hydrogen-bond donors (Lipinski definition) is 2. The third-order valence-corrected chi connectivity index (χ3v) is 6.87. The van der Waals surface area contributed by atoms with Gasteiger partial charge >= 0.3 is 0 Å². The molecule has 0 amide bonds. The number of rotatable bonds is 1. The zero-order valence-corrected chi connectivity index (χ0v) is 15.2. The van der Waals surface area contributed by atoms with Crippen LogP contribution in [-0.2, 0) is 11.0 Å². The van der Waals surface area contributed by atoms with Gasteiger partial charge in [0.15, 0.2) is 0 Å². The maximum absolute atomic E-state index is 11.5. The molecular weight excluding hydrogens is 306 g/mol.